The first-order chi connectivity index (χ1) is 11.6. The molecule has 2 aliphatic rings. The van der Waals surface area contributed by atoms with Crippen LogP contribution < -0.4 is 16.0 Å². The average Bonchev–Trinajstić information content (AvgIpc) is 3.10. The standard InChI is InChI=1S/C17H22ClN3O2S/c18-12-6-2-1-5-11(12)9-19-15(22)8-4-3-7-14-16-13(10-24-14)20-17(23)21-16/h1-2,5-6,13-14,16H,3-4,7-10H2,(H,19,22)(H2,20,21,23)/t13-,14+,16+/m1/s1. The summed E-state index contributed by atoms with van der Waals surface area (Å²) in [7, 11) is 0. The van der Waals surface area contributed by atoms with Crippen LogP contribution >= 0.6 is 23.4 Å². The highest BCUT2D eigenvalue weighted by Crippen LogP contribution is 2.33. The Labute approximate surface area is 151 Å². The van der Waals surface area contributed by atoms with Crippen LogP contribution in [0.1, 0.15) is 31.2 Å². The molecule has 0 saturated carbocycles. The van der Waals surface area contributed by atoms with Crippen molar-refractivity contribution in [1.29, 1.82) is 0 Å². The average molecular weight is 368 g/mol. The number of halogens is 1. The van der Waals surface area contributed by atoms with E-state index >= 15 is 0 Å². The molecule has 130 valence electrons. The fourth-order valence-electron chi connectivity index (χ4n) is 3.20. The van der Waals surface area contributed by atoms with E-state index in [-0.39, 0.29) is 24.0 Å². The highest BCUT2D eigenvalue weighted by Gasteiger charge is 2.42. The zero-order chi connectivity index (χ0) is 16.9. The Kier molecular flexibility index (Phi) is 5.89. The maximum atomic E-state index is 11.9. The van der Waals surface area contributed by atoms with Crippen molar-refractivity contribution in [2.75, 3.05) is 5.75 Å². The summed E-state index contributed by atoms with van der Waals surface area (Å²) >= 11 is 7.99. The third-order valence-electron chi connectivity index (χ3n) is 4.51. The Balaban J connectivity index is 1.31. The van der Waals surface area contributed by atoms with E-state index in [1.165, 1.54) is 0 Å². The largest absolute Gasteiger partial charge is 0.352 e. The summed E-state index contributed by atoms with van der Waals surface area (Å²) in [6.07, 6.45) is 3.42. The van der Waals surface area contributed by atoms with Crippen molar-refractivity contribution < 1.29 is 9.59 Å². The van der Waals surface area contributed by atoms with E-state index in [1.807, 2.05) is 36.0 Å². The van der Waals surface area contributed by atoms with Crippen molar-refractivity contribution >= 4 is 35.3 Å². The number of carbonyl (C=O) groups excluding carboxylic acids is 2. The zero-order valence-electron chi connectivity index (χ0n) is 13.4. The number of hydrogen-bond acceptors (Lipinski definition) is 3. The van der Waals surface area contributed by atoms with Gasteiger partial charge in [-0.05, 0) is 24.5 Å². The van der Waals surface area contributed by atoms with Gasteiger partial charge in [-0.1, -0.05) is 36.2 Å². The predicted octanol–water partition coefficient (Wildman–Crippen LogP) is 2.68. The van der Waals surface area contributed by atoms with Gasteiger partial charge in [0.05, 0.1) is 12.1 Å². The Morgan fingerprint density at radius 3 is 2.96 bits per heavy atom. The first kappa shape index (κ1) is 17.4. The summed E-state index contributed by atoms with van der Waals surface area (Å²) in [5, 5.41) is 9.99. The molecule has 3 N–H and O–H groups in total. The van der Waals surface area contributed by atoms with Crippen LogP contribution in [0.15, 0.2) is 24.3 Å². The predicted molar refractivity (Wildman–Crippen MR) is 97.3 cm³/mol. The van der Waals surface area contributed by atoms with Gasteiger partial charge in [-0.25, -0.2) is 4.79 Å². The van der Waals surface area contributed by atoms with Crippen molar-refractivity contribution in [3.8, 4) is 0 Å². The van der Waals surface area contributed by atoms with E-state index in [4.69, 9.17) is 11.6 Å². The Bertz CT molecular complexity index is 613. The first-order valence-electron chi connectivity index (χ1n) is 8.32. The molecule has 0 aliphatic carbocycles. The Morgan fingerprint density at radius 1 is 1.29 bits per heavy atom. The minimum atomic E-state index is -0.0470. The van der Waals surface area contributed by atoms with Gasteiger partial charge in [-0.2, -0.15) is 11.8 Å². The number of thioether (sulfide) groups is 1. The molecule has 2 saturated heterocycles. The van der Waals surface area contributed by atoms with Crippen LogP contribution in [-0.4, -0.2) is 35.0 Å². The third kappa shape index (κ3) is 4.36. The van der Waals surface area contributed by atoms with E-state index in [9.17, 15) is 9.59 Å². The molecular weight excluding hydrogens is 346 g/mol. The summed E-state index contributed by atoms with van der Waals surface area (Å²) in [5.74, 6) is 1.04. The topological polar surface area (TPSA) is 70.2 Å². The monoisotopic (exact) mass is 367 g/mol. The number of fused-ring (bicyclic) bond motifs is 1. The minimum absolute atomic E-state index is 0.0470. The second-order valence-corrected chi connectivity index (χ2v) is 7.92. The van der Waals surface area contributed by atoms with Crippen LogP contribution in [0.4, 0.5) is 4.79 Å². The molecule has 3 amide bonds. The number of rotatable bonds is 7. The molecular formula is C17H22ClN3O2S. The smallest absolute Gasteiger partial charge is 0.315 e. The fourth-order valence-corrected chi connectivity index (χ4v) is 4.94. The van der Waals surface area contributed by atoms with E-state index in [0.29, 0.717) is 23.2 Å². The lowest BCUT2D eigenvalue weighted by atomic mass is 10.0. The van der Waals surface area contributed by atoms with E-state index in [2.05, 4.69) is 16.0 Å². The van der Waals surface area contributed by atoms with Gasteiger partial charge in [0, 0.05) is 29.0 Å². The molecule has 0 radical (unpaired) electrons. The molecule has 1 aromatic rings. The van der Waals surface area contributed by atoms with Crippen molar-refractivity contribution in [1.82, 2.24) is 16.0 Å². The van der Waals surface area contributed by atoms with Crippen molar-refractivity contribution in [2.24, 2.45) is 0 Å². The lowest BCUT2D eigenvalue weighted by Gasteiger charge is -2.16. The number of hydrogen-bond donors (Lipinski definition) is 3. The lowest BCUT2D eigenvalue weighted by molar-refractivity contribution is -0.121. The summed E-state index contributed by atoms with van der Waals surface area (Å²) < 4.78 is 0. The molecule has 24 heavy (non-hydrogen) atoms. The molecule has 3 atom stereocenters. The normalized spacial score (nSPS) is 25.0. The Morgan fingerprint density at radius 2 is 2.12 bits per heavy atom. The second kappa shape index (κ2) is 8.12. The van der Waals surface area contributed by atoms with Crippen molar-refractivity contribution in [2.45, 2.75) is 49.6 Å². The highest BCUT2D eigenvalue weighted by atomic mass is 35.5. The molecule has 5 nitrogen and oxygen atoms in total. The fraction of sp³-hybridized carbons (Fsp3) is 0.529. The van der Waals surface area contributed by atoms with Gasteiger partial charge >= 0.3 is 6.03 Å². The van der Waals surface area contributed by atoms with Crippen LogP contribution in [0.2, 0.25) is 5.02 Å². The molecule has 0 spiro atoms. The molecule has 1 aromatic carbocycles. The molecule has 3 rings (SSSR count). The SMILES string of the molecule is O=C(CCCC[C@@H]1SC[C@H]2NC(=O)N[C@H]12)NCc1ccccc1Cl. The van der Waals surface area contributed by atoms with Gasteiger partial charge in [0.1, 0.15) is 0 Å². The molecule has 0 aromatic heterocycles. The van der Waals surface area contributed by atoms with Gasteiger partial charge < -0.3 is 16.0 Å². The van der Waals surface area contributed by atoms with E-state index in [0.717, 1.165) is 30.6 Å². The lowest BCUT2D eigenvalue weighted by Crippen LogP contribution is -2.36. The molecule has 7 heteroatoms. The summed E-state index contributed by atoms with van der Waals surface area (Å²) in [4.78, 5) is 23.3. The van der Waals surface area contributed by atoms with Crippen LogP contribution in [0.25, 0.3) is 0 Å². The molecule has 0 unspecified atom stereocenters. The van der Waals surface area contributed by atoms with Gasteiger partial charge in [-0.15, -0.1) is 0 Å². The maximum Gasteiger partial charge on any atom is 0.315 e. The number of carbonyl (C=O) groups is 2. The van der Waals surface area contributed by atoms with Gasteiger partial charge in [0.15, 0.2) is 0 Å². The Hall–Kier alpha value is -1.40. The molecule has 2 fully saturated rings. The van der Waals surface area contributed by atoms with Crippen LogP contribution in [0.5, 0.6) is 0 Å². The molecule has 2 aliphatic heterocycles. The number of urea groups is 1. The second-order valence-electron chi connectivity index (χ2n) is 6.24. The van der Waals surface area contributed by atoms with Crippen LogP contribution in [-0.2, 0) is 11.3 Å². The number of amides is 3. The van der Waals surface area contributed by atoms with Gasteiger partial charge in [0.25, 0.3) is 0 Å². The van der Waals surface area contributed by atoms with Crippen molar-refractivity contribution in [3.05, 3.63) is 34.9 Å². The van der Waals surface area contributed by atoms with Crippen molar-refractivity contribution in [3.63, 3.8) is 0 Å². The number of unbranched alkanes of at least 4 members (excludes halogenated alkanes) is 1. The van der Waals surface area contributed by atoms with Gasteiger partial charge in [0.2, 0.25) is 5.91 Å². The quantitative estimate of drug-likeness (QED) is 0.512. The van der Waals surface area contributed by atoms with Crippen LogP contribution in [0.3, 0.4) is 0 Å². The van der Waals surface area contributed by atoms with Crippen LogP contribution in [0, 0.1) is 0 Å². The summed E-state index contributed by atoms with van der Waals surface area (Å²) in [6.45, 7) is 0.471. The minimum Gasteiger partial charge on any atom is -0.352 e. The number of nitrogens with one attached hydrogen (secondary N) is 3. The summed E-state index contributed by atoms with van der Waals surface area (Å²) in [5.41, 5.74) is 0.936. The highest BCUT2D eigenvalue weighted by molar-refractivity contribution is 8.00. The molecule has 2 heterocycles. The zero-order valence-corrected chi connectivity index (χ0v) is 15.0. The summed E-state index contributed by atoms with van der Waals surface area (Å²) in [6, 6.07) is 8.00. The van der Waals surface area contributed by atoms with E-state index in [1.54, 1.807) is 0 Å². The number of benzene rings is 1. The molecule has 0 bridgehead atoms. The first-order valence-corrected chi connectivity index (χ1v) is 9.75. The van der Waals surface area contributed by atoms with Gasteiger partial charge in [-0.3, -0.25) is 4.79 Å². The van der Waals surface area contributed by atoms with E-state index < -0.39 is 0 Å². The maximum absolute atomic E-state index is 11.9. The third-order valence-corrected chi connectivity index (χ3v) is 6.39.